The van der Waals surface area contributed by atoms with E-state index >= 15 is 0 Å². The normalized spacial score (nSPS) is 14.9. The van der Waals surface area contributed by atoms with Crippen LogP contribution in [0.1, 0.15) is 18.4 Å². The maximum absolute atomic E-state index is 5.83. The van der Waals surface area contributed by atoms with Gasteiger partial charge in [-0.15, -0.1) is 4.37 Å². The van der Waals surface area contributed by atoms with E-state index in [9.17, 15) is 0 Å². The standard InChI is InChI=1S/C15H22N6OS/c16-13-11-12(4-5-18-13)3-1-2-10-22-15-14(19-23-20-15)21-8-6-17-7-9-21/h4-5,11,17H,1-3,6-10H2,(H2,16,18). The second-order valence-corrected chi connectivity index (χ2v) is 6.05. The predicted octanol–water partition coefficient (Wildman–Crippen LogP) is 1.33. The van der Waals surface area contributed by atoms with Gasteiger partial charge in [-0.05, 0) is 37.0 Å². The molecule has 0 aromatic carbocycles. The van der Waals surface area contributed by atoms with Crippen LogP contribution in [0.15, 0.2) is 18.3 Å². The molecule has 23 heavy (non-hydrogen) atoms. The van der Waals surface area contributed by atoms with Gasteiger partial charge in [-0.25, -0.2) is 4.98 Å². The van der Waals surface area contributed by atoms with Gasteiger partial charge in [-0.1, -0.05) is 0 Å². The minimum absolute atomic E-state index is 0.577. The summed E-state index contributed by atoms with van der Waals surface area (Å²) >= 11 is 1.21. The molecule has 3 rings (SSSR count). The van der Waals surface area contributed by atoms with Crippen molar-refractivity contribution in [1.29, 1.82) is 0 Å². The SMILES string of the molecule is Nc1cc(CCCCOc2nsnc2N2CCNCC2)ccn1. The lowest BCUT2D eigenvalue weighted by atomic mass is 10.1. The molecule has 3 heterocycles. The highest BCUT2D eigenvalue weighted by atomic mass is 32.1. The van der Waals surface area contributed by atoms with Crippen LogP contribution in [0.4, 0.5) is 11.6 Å². The first kappa shape index (κ1) is 15.9. The van der Waals surface area contributed by atoms with Crippen molar-refractivity contribution in [1.82, 2.24) is 19.0 Å². The molecule has 0 bridgehead atoms. The number of nitrogen functional groups attached to an aromatic ring is 1. The summed E-state index contributed by atoms with van der Waals surface area (Å²) < 4.78 is 14.5. The summed E-state index contributed by atoms with van der Waals surface area (Å²) in [5.74, 6) is 2.14. The van der Waals surface area contributed by atoms with Gasteiger partial charge < -0.3 is 20.7 Å². The van der Waals surface area contributed by atoms with Crippen molar-refractivity contribution in [3.63, 3.8) is 0 Å². The zero-order valence-electron chi connectivity index (χ0n) is 13.1. The van der Waals surface area contributed by atoms with Gasteiger partial charge in [0.2, 0.25) is 5.82 Å². The van der Waals surface area contributed by atoms with Crippen LogP contribution in [0.5, 0.6) is 5.88 Å². The van der Waals surface area contributed by atoms with Crippen molar-refractivity contribution in [2.75, 3.05) is 43.4 Å². The fourth-order valence-electron chi connectivity index (χ4n) is 2.59. The molecule has 124 valence electrons. The number of piperazine rings is 1. The monoisotopic (exact) mass is 334 g/mol. The smallest absolute Gasteiger partial charge is 0.270 e. The van der Waals surface area contributed by atoms with Crippen LogP contribution >= 0.6 is 11.7 Å². The largest absolute Gasteiger partial charge is 0.474 e. The molecule has 1 saturated heterocycles. The van der Waals surface area contributed by atoms with Crippen molar-refractivity contribution in [3.8, 4) is 5.88 Å². The Hall–Kier alpha value is -1.93. The van der Waals surface area contributed by atoms with Gasteiger partial charge in [-0.2, -0.15) is 4.37 Å². The zero-order chi connectivity index (χ0) is 15.9. The number of anilines is 2. The van der Waals surface area contributed by atoms with Crippen LogP contribution in [0.25, 0.3) is 0 Å². The number of nitrogens with zero attached hydrogens (tertiary/aromatic N) is 4. The topological polar surface area (TPSA) is 89.2 Å². The number of nitrogens with one attached hydrogen (secondary N) is 1. The second kappa shape index (κ2) is 8.07. The maximum atomic E-state index is 5.83. The molecule has 1 aliphatic rings. The van der Waals surface area contributed by atoms with Crippen molar-refractivity contribution in [2.45, 2.75) is 19.3 Å². The Morgan fingerprint density at radius 1 is 1.26 bits per heavy atom. The molecular formula is C15H22N6OS. The van der Waals surface area contributed by atoms with Gasteiger partial charge >= 0.3 is 0 Å². The van der Waals surface area contributed by atoms with Crippen LogP contribution < -0.4 is 20.7 Å². The van der Waals surface area contributed by atoms with Gasteiger partial charge in [-0.3, -0.25) is 0 Å². The summed E-state index contributed by atoms with van der Waals surface area (Å²) in [6.07, 6.45) is 4.75. The number of hydrogen-bond donors (Lipinski definition) is 2. The highest BCUT2D eigenvalue weighted by Gasteiger charge is 2.19. The van der Waals surface area contributed by atoms with E-state index in [0.29, 0.717) is 18.3 Å². The summed E-state index contributed by atoms with van der Waals surface area (Å²) in [5, 5.41) is 3.33. The van der Waals surface area contributed by atoms with Crippen LogP contribution in [0, 0.1) is 0 Å². The molecule has 0 saturated carbocycles. The summed E-state index contributed by atoms with van der Waals surface area (Å²) in [4.78, 5) is 6.23. The summed E-state index contributed by atoms with van der Waals surface area (Å²) in [6, 6.07) is 3.93. The van der Waals surface area contributed by atoms with E-state index in [-0.39, 0.29) is 0 Å². The Kier molecular flexibility index (Phi) is 5.60. The zero-order valence-corrected chi connectivity index (χ0v) is 13.9. The number of rotatable bonds is 7. The minimum Gasteiger partial charge on any atom is -0.474 e. The van der Waals surface area contributed by atoms with E-state index in [2.05, 4.69) is 23.9 Å². The number of nitrogens with two attached hydrogens (primary N) is 1. The molecule has 0 amide bonds. The van der Waals surface area contributed by atoms with Gasteiger partial charge in [0, 0.05) is 32.4 Å². The first-order valence-electron chi connectivity index (χ1n) is 7.94. The van der Waals surface area contributed by atoms with Gasteiger partial charge in [0.05, 0.1) is 18.3 Å². The van der Waals surface area contributed by atoms with Crippen LogP contribution in [0.2, 0.25) is 0 Å². The Labute approximate surface area is 140 Å². The molecule has 1 fully saturated rings. The molecule has 0 aliphatic carbocycles. The van der Waals surface area contributed by atoms with Crippen molar-refractivity contribution >= 4 is 23.4 Å². The molecule has 0 unspecified atom stereocenters. The molecular weight excluding hydrogens is 312 g/mol. The fraction of sp³-hybridized carbons (Fsp3) is 0.533. The first-order chi connectivity index (χ1) is 11.3. The number of aromatic nitrogens is 3. The number of hydrogen-bond acceptors (Lipinski definition) is 8. The quantitative estimate of drug-likeness (QED) is 0.738. The van der Waals surface area contributed by atoms with Crippen LogP contribution in [-0.2, 0) is 6.42 Å². The minimum atomic E-state index is 0.577. The third-order valence-corrected chi connectivity index (χ3v) is 4.30. The first-order valence-corrected chi connectivity index (χ1v) is 8.67. The summed E-state index contributed by atoms with van der Waals surface area (Å²) in [7, 11) is 0. The maximum Gasteiger partial charge on any atom is 0.270 e. The number of pyridine rings is 1. The molecule has 2 aromatic rings. The van der Waals surface area contributed by atoms with Crippen LogP contribution in [-0.4, -0.2) is 46.5 Å². The lowest BCUT2D eigenvalue weighted by Crippen LogP contribution is -2.43. The highest BCUT2D eigenvalue weighted by Crippen LogP contribution is 2.26. The van der Waals surface area contributed by atoms with Crippen molar-refractivity contribution in [3.05, 3.63) is 23.9 Å². The van der Waals surface area contributed by atoms with E-state index in [0.717, 1.165) is 51.3 Å². The predicted molar refractivity (Wildman–Crippen MR) is 92.1 cm³/mol. The molecule has 1 aliphatic heterocycles. The Morgan fingerprint density at radius 2 is 2.13 bits per heavy atom. The number of unbranched alkanes of at least 4 members (excludes halogenated alkanes) is 1. The lowest BCUT2D eigenvalue weighted by molar-refractivity contribution is 0.298. The van der Waals surface area contributed by atoms with E-state index < -0.39 is 0 Å². The van der Waals surface area contributed by atoms with Gasteiger partial charge in [0.25, 0.3) is 5.88 Å². The lowest BCUT2D eigenvalue weighted by Gasteiger charge is -2.27. The third-order valence-electron chi connectivity index (χ3n) is 3.80. The highest BCUT2D eigenvalue weighted by molar-refractivity contribution is 6.99. The fourth-order valence-corrected chi connectivity index (χ4v) is 3.11. The Balaban J connectivity index is 1.41. The average Bonchev–Trinajstić information content (AvgIpc) is 3.04. The number of ether oxygens (including phenoxy) is 1. The molecule has 7 nitrogen and oxygen atoms in total. The van der Waals surface area contributed by atoms with E-state index in [1.54, 1.807) is 6.20 Å². The molecule has 0 atom stereocenters. The second-order valence-electron chi connectivity index (χ2n) is 5.52. The molecule has 0 radical (unpaired) electrons. The van der Waals surface area contributed by atoms with E-state index in [1.807, 2.05) is 12.1 Å². The van der Waals surface area contributed by atoms with Crippen molar-refractivity contribution < 1.29 is 4.74 Å². The van der Waals surface area contributed by atoms with E-state index in [4.69, 9.17) is 10.5 Å². The summed E-state index contributed by atoms with van der Waals surface area (Å²) in [5.41, 5.74) is 6.90. The summed E-state index contributed by atoms with van der Waals surface area (Å²) in [6.45, 7) is 4.51. The van der Waals surface area contributed by atoms with Crippen LogP contribution in [0.3, 0.4) is 0 Å². The Morgan fingerprint density at radius 3 is 2.96 bits per heavy atom. The van der Waals surface area contributed by atoms with Crippen molar-refractivity contribution in [2.24, 2.45) is 0 Å². The molecule has 0 spiro atoms. The third kappa shape index (κ3) is 4.52. The van der Waals surface area contributed by atoms with Gasteiger partial charge in [0.15, 0.2) is 0 Å². The molecule has 3 N–H and O–H groups in total. The Bertz CT molecular complexity index is 614. The number of aryl methyl sites for hydroxylation is 1. The molecule has 2 aromatic heterocycles. The average molecular weight is 334 g/mol. The van der Waals surface area contributed by atoms with E-state index in [1.165, 1.54) is 17.3 Å². The van der Waals surface area contributed by atoms with Gasteiger partial charge in [0.1, 0.15) is 5.82 Å². The molecule has 8 heteroatoms.